The van der Waals surface area contributed by atoms with E-state index in [0.29, 0.717) is 6.42 Å². The Bertz CT molecular complexity index is 375. The van der Waals surface area contributed by atoms with E-state index in [4.69, 9.17) is 9.47 Å². The minimum Gasteiger partial charge on any atom is -0.464 e. The normalized spacial score (nSPS) is 19.3. The lowest BCUT2D eigenvalue weighted by Crippen LogP contribution is -2.52. The number of amides is 2. The summed E-state index contributed by atoms with van der Waals surface area (Å²) >= 11 is 0. The summed E-state index contributed by atoms with van der Waals surface area (Å²) in [6.07, 6.45) is -0.246. The third kappa shape index (κ3) is 4.42. The lowest BCUT2D eigenvalue weighted by Gasteiger charge is -2.26. The maximum atomic E-state index is 11.7. The smallest absolute Gasteiger partial charge is 0.426 e. The lowest BCUT2D eigenvalue weighted by molar-refractivity contribution is -0.153. The molecule has 1 saturated heterocycles. The quantitative estimate of drug-likeness (QED) is 0.774. The third-order valence-corrected chi connectivity index (χ3v) is 2.38. The Kier molecular flexibility index (Phi) is 4.74. The number of hydrogen-bond donors (Lipinski definition) is 1. The van der Waals surface area contributed by atoms with Crippen LogP contribution in [0.4, 0.5) is 4.79 Å². The number of ether oxygens (including phenoxy) is 2. The second kappa shape index (κ2) is 5.90. The molecule has 0 aliphatic carbocycles. The minimum absolute atomic E-state index is 0.194. The maximum absolute atomic E-state index is 11.7. The van der Waals surface area contributed by atoms with Gasteiger partial charge in [-0.05, 0) is 34.1 Å². The molecule has 2 amide bonds. The van der Waals surface area contributed by atoms with Crippen LogP contribution in [-0.4, -0.2) is 41.2 Å². The molecule has 108 valence electrons. The molecule has 1 heterocycles. The van der Waals surface area contributed by atoms with Crippen LogP contribution >= 0.6 is 0 Å². The fourth-order valence-electron chi connectivity index (χ4n) is 1.68. The van der Waals surface area contributed by atoms with Crippen molar-refractivity contribution >= 4 is 18.0 Å². The molecule has 0 spiro atoms. The van der Waals surface area contributed by atoms with Crippen LogP contribution in [0.5, 0.6) is 0 Å². The summed E-state index contributed by atoms with van der Waals surface area (Å²) in [6.45, 7) is 7.04. The highest BCUT2D eigenvalue weighted by Gasteiger charge is 2.39. The Morgan fingerprint density at radius 1 is 1.42 bits per heavy atom. The number of nitrogens with one attached hydrogen (secondary N) is 1. The van der Waals surface area contributed by atoms with Gasteiger partial charge in [-0.25, -0.2) is 20.0 Å². The van der Waals surface area contributed by atoms with Crippen LogP contribution in [0.15, 0.2) is 0 Å². The summed E-state index contributed by atoms with van der Waals surface area (Å²) in [5.41, 5.74) is 1.62. The van der Waals surface area contributed by atoms with Crippen molar-refractivity contribution in [2.75, 3.05) is 6.61 Å². The molecule has 1 fully saturated rings. The van der Waals surface area contributed by atoms with E-state index in [-0.39, 0.29) is 18.9 Å². The summed E-state index contributed by atoms with van der Waals surface area (Å²) in [5, 5.41) is 0.992. The predicted molar refractivity (Wildman–Crippen MR) is 65.9 cm³/mol. The Hall–Kier alpha value is -1.79. The highest BCUT2D eigenvalue weighted by molar-refractivity contribution is 5.89. The molecule has 1 aliphatic rings. The van der Waals surface area contributed by atoms with Crippen molar-refractivity contribution in [2.24, 2.45) is 0 Å². The van der Waals surface area contributed by atoms with Crippen molar-refractivity contribution in [3.63, 3.8) is 0 Å². The van der Waals surface area contributed by atoms with Crippen LogP contribution in [-0.2, 0) is 19.1 Å². The van der Waals surface area contributed by atoms with E-state index in [9.17, 15) is 14.4 Å². The van der Waals surface area contributed by atoms with Gasteiger partial charge in [0.05, 0.1) is 6.61 Å². The van der Waals surface area contributed by atoms with Gasteiger partial charge in [0.25, 0.3) is 0 Å². The van der Waals surface area contributed by atoms with Crippen molar-refractivity contribution in [3.8, 4) is 0 Å². The summed E-state index contributed by atoms with van der Waals surface area (Å²) in [6, 6.07) is -0.778. The predicted octanol–water partition coefficient (Wildman–Crippen LogP) is 0.980. The zero-order chi connectivity index (χ0) is 14.6. The van der Waals surface area contributed by atoms with Crippen molar-refractivity contribution < 1.29 is 23.9 Å². The van der Waals surface area contributed by atoms with Gasteiger partial charge in [0, 0.05) is 6.42 Å². The molecule has 1 aliphatic heterocycles. The number of carbonyl (C=O) groups is 3. The molecule has 0 aromatic heterocycles. The van der Waals surface area contributed by atoms with E-state index in [2.05, 4.69) is 5.43 Å². The second-order valence-corrected chi connectivity index (χ2v) is 5.18. The average molecular weight is 272 g/mol. The summed E-state index contributed by atoms with van der Waals surface area (Å²) < 4.78 is 9.90. The first-order chi connectivity index (χ1) is 8.74. The Labute approximate surface area is 112 Å². The second-order valence-electron chi connectivity index (χ2n) is 5.18. The molecule has 0 unspecified atom stereocenters. The Morgan fingerprint density at radius 3 is 2.58 bits per heavy atom. The minimum atomic E-state index is -0.778. The fourth-order valence-corrected chi connectivity index (χ4v) is 1.68. The summed E-state index contributed by atoms with van der Waals surface area (Å²) in [7, 11) is 0. The van der Waals surface area contributed by atoms with Gasteiger partial charge in [-0.15, -0.1) is 0 Å². The summed E-state index contributed by atoms with van der Waals surface area (Å²) in [4.78, 5) is 34.9. The molecular formula is C12H20N2O5. The molecule has 7 heteroatoms. The van der Waals surface area contributed by atoms with Crippen molar-refractivity contribution in [2.45, 2.75) is 52.2 Å². The molecule has 0 aromatic rings. The first kappa shape index (κ1) is 15.3. The molecule has 0 bridgehead atoms. The molecule has 1 N–H and O–H groups in total. The van der Waals surface area contributed by atoms with Crippen LogP contribution in [0.1, 0.15) is 40.5 Å². The zero-order valence-corrected chi connectivity index (χ0v) is 11.7. The van der Waals surface area contributed by atoms with Crippen molar-refractivity contribution in [1.29, 1.82) is 0 Å². The third-order valence-electron chi connectivity index (χ3n) is 2.38. The zero-order valence-electron chi connectivity index (χ0n) is 11.7. The highest BCUT2D eigenvalue weighted by atomic mass is 16.6. The molecule has 1 atom stereocenters. The van der Waals surface area contributed by atoms with Gasteiger partial charge in [-0.3, -0.25) is 4.79 Å². The summed E-state index contributed by atoms with van der Waals surface area (Å²) in [5.74, 6) is -0.853. The number of hydrazine groups is 1. The van der Waals surface area contributed by atoms with Crippen LogP contribution in [0.2, 0.25) is 0 Å². The van der Waals surface area contributed by atoms with Crippen LogP contribution in [0, 0.1) is 0 Å². The monoisotopic (exact) mass is 272 g/mol. The van der Waals surface area contributed by atoms with E-state index < -0.39 is 23.7 Å². The van der Waals surface area contributed by atoms with E-state index in [1.165, 1.54) is 0 Å². The largest absolute Gasteiger partial charge is 0.464 e. The van der Waals surface area contributed by atoms with Gasteiger partial charge in [-0.1, -0.05) is 0 Å². The fraction of sp³-hybridized carbons (Fsp3) is 0.750. The average Bonchev–Trinajstić information content (AvgIpc) is 2.58. The van der Waals surface area contributed by atoms with Crippen LogP contribution in [0.3, 0.4) is 0 Å². The molecule has 0 radical (unpaired) electrons. The van der Waals surface area contributed by atoms with Crippen LogP contribution < -0.4 is 5.43 Å². The van der Waals surface area contributed by atoms with E-state index in [1.807, 2.05) is 0 Å². The van der Waals surface area contributed by atoms with E-state index in [0.717, 1.165) is 5.01 Å². The molecular weight excluding hydrogens is 252 g/mol. The number of carbonyl (C=O) groups excluding carboxylic acids is 3. The topological polar surface area (TPSA) is 84.9 Å². The number of hydrogen-bond acceptors (Lipinski definition) is 5. The van der Waals surface area contributed by atoms with E-state index >= 15 is 0 Å². The first-order valence-electron chi connectivity index (χ1n) is 6.23. The van der Waals surface area contributed by atoms with Gasteiger partial charge >= 0.3 is 12.1 Å². The number of esters is 1. The van der Waals surface area contributed by atoms with Crippen molar-refractivity contribution in [3.05, 3.63) is 0 Å². The lowest BCUT2D eigenvalue weighted by atomic mass is 10.2. The SMILES string of the molecule is CCOC(=O)[C@@H]1CCC(=O)N1NC(=O)OC(C)(C)C. The van der Waals surface area contributed by atoms with Gasteiger partial charge in [0.1, 0.15) is 5.60 Å². The molecule has 1 rings (SSSR count). The van der Waals surface area contributed by atoms with Gasteiger partial charge < -0.3 is 9.47 Å². The number of nitrogens with zero attached hydrogens (tertiary/aromatic N) is 1. The Morgan fingerprint density at radius 2 is 2.05 bits per heavy atom. The Balaban J connectivity index is 2.65. The molecule has 7 nitrogen and oxygen atoms in total. The standard InChI is InChI=1S/C12H20N2O5/c1-5-18-10(16)8-6-7-9(15)14(8)13-11(17)19-12(2,3)4/h8H,5-7H2,1-4H3,(H,13,17)/t8-/m0/s1. The maximum Gasteiger partial charge on any atom is 0.426 e. The van der Waals surface area contributed by atoms with Gasteiger partial charge in [-0.2, -0.15) is 0 Å². The van der Waals surface area contributed by atoms with E-state index in [1.54, 1.807) is 27.7 Å². The van der Waals surface area contributed by atoms with Crippen molar-refractivity contribution in [1.82, 2.24) is 10.4 Å². The molecule has 19 heavy (non-hydrogen) atoms. The molecule has 0 aromatic carbocycles. The van der Waals surface area contributed by atoms with Gasteiger partial charge in [0.15, 0.2) is 6.04 Å². The van der Waals surface area contributed by atoms with Gasteiger partial charge in [0.2, 0.25) is 5.91 Å². The first-order valence-corrected chi connectivity index (χ1v) is 6.23. The highest BCUT2D eigenvalue weighted by Crippen LogP contribution is 2.18. The number of rotatable bonds is 3. The van der Waals surface area contributed by atoms with Crippen LogP contribution in [0.25, 0.3) is 0 Å². The molecule has 0 saturated carbocycles.